The van der Waals surface area contributed by atoms with Crippen molar-refractivity contribution in [2.75, 3.05) is 9.80 Å². The Morgan fingerprint density at radius 2 is 1.03 bits per heavy atom. The average molecular weight is 394 g/mol. The zero-order valence-corrected chi connectivity index (χ0v) is 16.4. The van der Waals surface area contributed by atoms with E-state index in [-0.39, 0.29) is 0 Å². The van der Waals surface area contributed by atoms with Gasteiger partial charge >= 0.3 is 5.18 Å². The molecule has 0 saturated heterocycles. The topological polar surface area (TPSA) is 15.7 Å². The minimum absolute atomic E-state index is 0.768. The third-order valence-corrected chi connectivity index (χ3v) is 6.56. The molecule has 0 radical (unpaired) electrons. The second-order valence-electron chi connectivity index (χ2n) is 7.03. The molecule has 0 bridgehead atoms. The Kier molecular flexibility index (Phi) is 3.61. The van der Waals surface area contributed by atoms with Gasteiger partial charge in [0.05, 0.1) is 16.3 Å². The zero-order chi connectivity index (χ0) is 19.3. The molecule has 2 aliphatic rings. The van der Waals surface area contributed by atoms with E-state index in [0.29, 0.717) is 0 Å². The van der Waals surface area contributed by atoms with Crippen molar-refractivity contribution in [2.45, 2.75) is 10.1 Å². The highest BCUT2D eigenvalue weighted by Gasteiger charge is 2.58. The van der Waals surface area contributed by atoms with Crippen molar-refractivity contribution in [3.8, 4) is 5.75 Å². The quantitative estimate of drug-likeness (QED) is 0.372. The molecule has 1 spiro atoms. The average Bonchev–Trinajstić information content (AvgIpc) is 3.29. The van der Waals surface area contributed by atoms with E-state index < -0.39 is 5.18 Å². The molecule has 4 aromatic rings. The summed E-state index contributed by atoms with van der Waals surface area (Å²) in [5.41, 5.74) is 4.45. The van der Waals surface area contributed by atoms with E-state index in [0.717, 1.165) is 33.4 Å². The summed E-state index contributed by atoms with van der Waals surface area (Å²) in [4.78, 5) is 5.75. The molecule has 2 aliphatic heterocycles. The van der Waals surface area contributed by atoms with Crippen LogP contribution in [0.5, 0.6) is 5.75 Å². The van der Waals surface area contributed by atoms with Crippen LogP contribution in [0, 0.1) is 0 Å². The van der Waals surface area contributed by atoms with Crippen molar-refractivity contribution in [2.24, 2.45) is 0 Å². The number of thioether (sulfide) groups is 1. The molecule has 0 unspecified atom stereocenters. The smallest absolute Gasteiger partial charge is 0.330 e. The Bertz CT molecular complexity index is 1090. The Morgan fingerprint density at radius 1 is 0.552 bits per heavy atom. The lowest BCUT2D eigenvalue weighted by Gasteiger charge is -2.40. The molecule has 140 valence electrons. The predicted molar refractivity (Wildman–Crippen MR) is 119 cm³/mol. The van der Waals surface area contributed by atoms with E-state index in [4.69, 9.17) is 4.74 Å². The van der Waals surface area contributed by atoms with Crippen molar-refractivity contribution < 1.29 is 4.74 Å². The van der Waals surface area contributed by atoms with Crippen molar-refractivity contribution in [3.63, 3.8) is 0 Å². The van der Waals surface area contributed by atoms with Crippen LogP contribution in [0.3, 0.4) is 0 Å². The molecule has 0 aliphatic carbocycles. The first-order valence-electron chi connectivity index (χ1n) is 9.63. The van der Waals surface area contributed by atoms with Crippen LogP contribution in [0.15, 0.2) is 114 Å². The van der Waals surface area contributed by atoms with Crippen molar-refractivity contribution >= 4 is 34.5 Å². The maximum Gasteiger partial charge on any atom is 0.330 e. The molecule has 6 rings (SSSR count). The van der Waals surface area contributed by atoms with Gasteiger partial charge in [0.15, 0.2) is 0 Å². The van der Waals surface area contributed by atoms with Gasteiger partial charge in [-0.15, -0.1) is 0 Å². The lowest BCUT2D eigenvalue weighted by atomic mass is 10.2. The van der Waals surface area contributed by atoms with Gasteiger partial charge < -0.3 is 4.74 Å². The van der Waals surface area contributed by atoms with Gasteiger partial charge in [-0.3, -0.25) is 9.80 Å². The highest BCUT2D eigenvalue weighted by Crippen LogP contribution is 2.62. The summed E-state index contributed by atoms with van der Waals surface area (Å²) in [6, 6.07) is 37.7. The number of hydrogen-bond acceptors (Lipinski definition) is 4. The molecule has 0 N–H and O–H groups in total. The van der Waals surface area contributed by atoms with Gasteiger partial charge in [-0.2, -0.15) is 0 Å². The number of nitrogens with zero attached hydrogens (tertiary/aromatic N) is 2. The molecule has 0 aromatic heterocycles. The van der Waals surface area contributed by atoms with Gasteiger partial charge in [0.25, 0.3) is 0 Å². The van der Waals surface area contributed by atoms with Gasteiger partial charge in [-0.25, -0.2) is 0 Å². The Hall–Kier alpha value is -3.37. The zero-order valence-electron chi connectivity index (χ0n) is 15.6. The van der Waals surface area contributed by atoms with Gasteiger partial charge in [0.2, 0.25) is 0 Å². The number of ether oxygens (including phenoxy) is 1. The lowest BCUT2D eigenvalue weighted by molar-refractivity contribution is 0.194. The van der Waals surface area contributed by atoms with Crippen molar-refractivity contribution in [1.82, 2.24) is 0 Å². The van der Waals surface area contributed by atoms with E-state index in [1.165, 1.54) is 0 Å². The van der Waals surface area contributed by atoms with Gasteiger partial charge in [-0.05, 0) is 60.3 Å². The highest BCUT2D eigenvalue weighted by molar-refractivity contribution is 8.01. The van der Waals surface area contributed by atoms with E-state index in [1.54, 1.807) is 11.8 Å². The summed E-state index contributed by atoms with van der Waals surface area (Å²) >= 11 is 1.74. The minimum atomic E-state index is -0.768. The molecule has 0 atom stereocenters. The van der Waals surface area contributed by atoms with Crippen molar-refractivity contribution in [1.29, 1.82) is 0 Å². The summed E-state index contributed by atoms with van der Waals surface area (Å²) < 4.78 is 6.79. The van der Waals surface area contributed by atoms with Gasteiger partial charge in [0.1, 0.15) is 5.75 Å². The van der Waals surface area contributed by atoms with Crippen LogP contribution in [0.1, 0.15) is 0 Å². The van der Waals surface area contributed by atoms with Crippen molar-refractivity contribution in [3.05, 3.63) is 109 Å². The number of para-hydroxylation sites is 5. The van der Waals surface area contributed by atoms with Gasteiger partial charge in [-0.1, -0.05) is 60.7 Å². The Morgan fingerprint density at radius 3 is 1.59 bits per heavy atom. The summed E-state index contributed by atoms with van der Waals surface area (Å²) in [7, 11) is 0. The molecule has 0 amide bonds. The molecule has 29 heavy (non-hydrogen) atoms. The van der Waals surface area contributed by atoms with Gasteiger partial charge in [0, 0.05) is 11.4 Å². The monoisotopic (exact) mass is 394 g/mol. The molecule has 4 aromatic carbocycles. The van der Waals surface area contributed by atoms with Crippen LogP contribution in [-0.4, -0.2) is 5.18 Å². The molecule has 4 heteroatoms. The third-order valence-electron chi connectivity index (χ3n) is 5.29. The first-order chi connectivity index (χ1) is 14.4. The van der Waals surface area contributed by atoms with Crippen LogP contribution in [-0.2, 0) is 0 Å². The van der Waals surface area contributed by atoms with E-state index >= 15 is 0 Å². The predicted octanol–water partition coefficient (Wildman–Crippen LogP) is 6.77. The summed E-state index contributed by atoms with van der Waals surface area (Å²) in [5, 5.41) is -0.768. The second-order valence-corrected chi connectivity index (χ2v) is 8.21. The van der Waals surface area contributed by atoms with Crippen LogP contribution in [0.2, 0.25) is 0 Å². The fourth-order valence-corrected chi connectivity index (χ4v) is 5.48. The summed E-state index contributed by atoms with van der Waals surface area (Å²) in [5.74, 6) is 0.909. The summed E-state index contributed by atoms with van der Waals surface area (Å²) in [6.07, 6.45) is 0. The Balaban J connectivity index is 1.63. The molecule has 2 heterocycles. The van der Waals surface area contributed by atoms with Crippen LogP contribution in [0.4, 0.5) is 22.7 Å². The first kappa shape index (κ1) is 16.6. The number of fused-ring (bicyclic) bond motifs is 2. The lowest BCUT2D eigenvalue weighted by Crippen LogP contribution is -2.53. The van der Waals surface area contributed by atoms with Crippen LogP contribution in [0.25, 0.3) is 0 Å². The molecular weight excluding hydrogens is 376 g/mol. The molecular formula is C25H18N2OS. The van der Waals surface area contributed by atoms with E-state index in [9.17, 15) is 0 Å². The SMILES string of the molecule is c1ccc(N2c3ccccc3N(c3ccccc3)C23Oc2ccccc2S3)cc1. The number of rotatable bonds is 2. The maximum atomic E-state index is 6.79. The standard InChI is InChI=1S/C25H18N2OS/c1-3-11-19(12-4-1)26-21-15-7-8-16-22(21)27(20-13-5-2-6-14-20)25(26)28-23-17-9-10-18-24(23)29-25/h1-18H. The second kappa shape index (κ2) is 6.33. The maximum absolute atomic E-state index is 6.79. The fourth-order valence-electron chi connectivity index (χ4n) is 4.11. The fraction of sp³-hybridized carbons (Fsp3) is 0.0400. The third kappa shape index (κ3) is 2.39. The molecule has 3 nitrogen and oxygen atoms in total. The molecule has 0 fully saturated rings. The number of anilines is 4. The molecule has 0 saturated carbocycles. The van der Waals surface area contributed by atoms with Crippen LogP contribution >= 0.6 is 11.8 Å². The summed E-state index contributed by atoms with van der Waals surface area (Å²) in [6.45, 7) is 0. The van der Waals surface area contributed by atoms with E-state index in [2.05, 4.69) is 94.7 Å². The minimum Gasteiger partial charge on any atom is -0.439 e. The first-order valence-corrected chi connectivity index (χ1v) is 10.5. The highest BCUT2D eigenvalue weighted by atomic mass is 32.2. The number of benzene rings is 4. The van der Waals surface area contributed by atoms with E-state index in [1.807, 2.05) is 24.3 Å². The van der Waals surface area contributed by atoms with Crippen LogP contribution < -0.4 is 14.5 Å². The normalized spacial score (nSPS) is 15.9. The largest absolute Gasteiger partial charge is 0.439 e. The Labute approximate surface area is 174 Å². The number of hydrogen-bond donors (Lipinski definition) is 0.